The Labute approximate surface area is 84.2 Å². The molecule has 1 aromatic heterocycles. The highest BCUT2D eigenvalue weighted by Crippen LogP contribution is 2.26. The van der Waals surface area contributed by atoms with Gasteiger partial charge in [0.05, 0.1) is 11.9 Å². The summed E-state index contributed by atoms with van der Waals surface area (Å²) in [6.07, 6.45) is 7.00. The van der Waals surface area contributed by atoms with Crippen molar-refractivity contribution in [2.45, 2.75) is 32.2 Å². The number of anilines is 2. The van der Waals surface area contributed by atoms with Crippen LogP contribution in [-0.2, 0) is 0 Å². The lowest BCUT2D eigenvalue weighted by molar-refractivity contribution is 0.481. The molecule has 0 aromatic carbocycles. The molecule has 1 atom stereocenters. The van der Waals surface area contributed by atoms with Crippen molar-refractivity contribution in [2.24, 2.45) is 0 Å². The molecule has 0 saturated carbocycles. The van der Waals surface area contributed by atoms with Crippen LogP contribution in [0.15, 0.2) is 12.5 Å². The molecule has 0 bridgehead atoms. The zero-order chi connectivity index (χ0) is 9.97. The minimum Gasteiger partial charge on any atom is -0.394 e. The number of nitrogens with two attached hydrogens (primary N) is 1. The van der Waals surface area contributed by atoms with Crippen molar-refractivity contribution in [2.75, 3.05) is 17.2 Å². The van der Waals surface area contributed by atoms with Crippen LogP contribution in [-0.4, -0.2) is 22.6 Å². The van der Waals surface area contributed by atoms with Crippen molar-refractivity contribution in [3.8, 4) is 0 Å². The fraction of sp³-hybridized carbons (Fsp3) is 0.600. The standard InChI is InChI=1S/C10H16N4/c1-8-4-2-3-5-14(8)10-9(11)6-12-7-13-10/h6-8H,2-5,11H2,1H3. The Morgan fingerprint density at radius 3 is 3.07 bits per heavy atom. The molecular formula is C10H16N4. The molecule has 4 nitrogen and oxygen atoms in total. The van der Waals surface area contributed by atoms with E-state index < -0.39 is 0 Å². The molecule has 0 spiro atoms. The van der Waals surface area contributed by atoms with Crippen molar-refractivity contribution < 1.29 is 0 Å². The molecule has 0 aliphatic carbocycles. The third-order valence-electron chi connectivity index (χ3n) is 2.79. The van der Waals surface area contributed by atoms with Crippen molar-refractivity contribution in [1.82, 2.24) is 9.97 Å². The third kappa shape index (κ3) is 1.64. The summed E-state index contributed by atoms with van der Waals surface area (Å²) >= 11 is 0. The van der Waals surface area contributed by atoms with E-state index in [4.69, 9.17) is 5.73 Å². The summed E-state index contributed by atoms with van der Waals surface area (Å²) in [5, 5.41) is 0. The first kappa shape index (κ1) is 9.24. The van der Waals surface area contributed by atoms with E-state index in [0.717, 1.165) is 12.4 Å². The lowest BCUT2D eigenvalue weighted by Gasteiger charge is -2.34. The highest BCUT2D eigenvalue weighted by atomic mass is 15.2. The lowest BCUT2D eigenvalue weighted by Crippen LogP contribution is -2.38. The second-order valence-corrected chi connectivity index (χ2v) is 3.84. The first-order valence-corrected chi connectivity index (χ1v) is 5.11. The van der Waals surface area contributed by atoms with E-state index in [1.807, 2.05) is 0 Å². The Morgan fingerprint density at radius 1 is 1.50 bits per heavy atom. The lowest BCUT2D eigenvalue weighted by atomic mass is 10.0. The zero-order valence-corrected chi connectivity index (χ0v) is 8.48. The van der Waals surface area contributed by atoms with Gasteiger partial charge in [0.25, 0.3) is 0 Å². The maximum Gasteiger partial charge on any atom is 0.155 e. The average Bonchev–Trinajstić information content (AvgIpc) is 2.20. The van der Waals surface area contributed by atoms with Gasteiger partial charge in [0.15, 0.2) is 5.82 Å². The summed E-state index contributed by atoms with van der Waals surface area (Å²) in [6, 6.07) is 0.543. The summed E-state index contributed by atoms with van der Waals surface area (Å²) < 4.78 is 0. The fourth-order valence-corrected chi connectivity index (χ4v) is 1.99. The van der Waals surface area contributed by atoms with E-state index in [1.165, 1.54) is 19.3 Å². The number of hydrogen-bond donors (Lipinski definition) is 1. The van der Waals surface area contributed by atoms with Crippen LogP contribution in [0.1, 0.15) is 26.2 Å². The average molecular weight is 192 g/mol. The van der Waals surface area contributed by atoms with Crippen LogP contribution < -0.4 is 10.6 Å². The van der Waals surface area contributed by atoms with E-state index in [-0.39, 0.29) is 0 Å². The quantitative estimate of drug-likeness (QED) is 0.731. The first-order valence-electron chi connectivity index (χ1n) is 5.11. The summed E-state index contributed by atoms with van der Waals surface area (Å²) in [4.78, 5) is 10.4. The maximum absolute atomic E-state index is 5.85. The summed E-state index contributed by atoms with van der Waals surface area (Å²) in [5.41, 5.74) is 6.53. The van der Waals surface area contributed by atoms with E-state index in [2.05, 4.69) is 21.8 Å². The SMILES string of the molecule is CC1CCCCN1c1ncncc1N. The Balaban J connectivity index is 2.25. The van der Waals surface area contributed by atoms with E-state index in [0.29, 0.717) is 11.7 Å². The summed E-state index contributed by atoms with van der Waals surface area (Å²) in [6.45, 7) is 3.28. The number of piperidine rings is 1. The summed E-state index contributed by atoms with van der Waals surface area (Å²) in [7, 11) is 0. The van der Waals surface area contributed by atoms with Gasteiger partial charge in [0, 0.05) is 12.6 Å². The fourth-order valence-electron chi connectivity index (χ4n) is 1.99. The second kappa shape index (κ2) is 3.82. The molecule has 2 N–H and O–H groups in total. The normalized spacial score (nSPS) is 22.4. The maximum atomic E-state index is 5.85. The second-order valence-electron chi connectivity index (χ2n) is 3.84. The molecule has 2 heterocycles. The van der Waals surface area contributed by atoms with Crippen LogP contribution in [0, 0.1) is 0 Å². The monoisotopic (exact) mass is 192 g/mol. The van der Waals surface area contributed by atoms with Crippen LogP contribution in [0.4, 0.5) is 11.5 Å². The topological polar surface area (TPSA) is 55.0 Å². The molecule has 4 heteroatoms. The van der Waals surface area contributed by atoms with Gasteiger partial charge < -0.3 is 10.6 Å². The molecule has 1 aromatic rings. The molecule has 1 aliphatic heterocycles. The molecule has 76 valence electrons. The molecule has 1 aliphatic rings. The highest BCUT2D eigenvalue weighted by molar-refractivity contribution is 5.61. The molecule has 0 amide bonds. The Bertz CT molecular complexity index is 313. The Kier molecular flexibility index (Phi) is 2.52. The van der Waals surface area contributed by atoms with Gasteiger partial charge in [0.1, 0.15) is 6.33 Å². The number of aromatic nitrogens is 2. The third-order valence-corrected chi connectivity index (χ3v) is 2.79. The first-order chi connectivity index (χ1) is 6.79. The van der Waals surface area contributed by atoms with Gasteiger partial charge in [-0.1, -0.05) is 0 Å². The van der Waals surface area contributed by atoms with Gasteiger partial charge in [-0.05, 0) is 26.2 Å². The number of nitrogens with zero attached hydrogens (tertiary/aromatic N) is 3. The van der Waals surface area contributed by atoms with Crippen molar-refractivity contribution in [3.63, 3.8) is 0 Å². The van der Waals surface area contributed by atoms with Crippen LogP contribution in [0.5, 0.6) is 0 Å². The predicted octanol–water partition coefficient (Wildman–Crippen LogP) is 1.44. The molecule has 14 heavy (non-hydrogen) atoms. The molecular weight excluding hydrogens is 176 g/mol. The van der Waals surface area contributed by atoms with Gasteiger partial charge in [0.2, 0.25) is 0 Å². The Hall–Kier alpha value is -1.32. The molecule has 1 unspecified atom stereocenters. The van der Waals surface area contributed by atoms with Gasteiger partial charge in [-0.15, -0.1) is 0 Å². The van der Waals surface area contributed by atoms with Crippen molar-refractivity contribution in [3.05, 3.63) is 12.5 Å². The van der Waals surface area contributed by atoms with Gasteiger partial charge in [-0.3, -0.25) is 0 Å². The summed E-state index contributed by atoms with van der Waals surface area (Å²) in [5.74, 6) is 0.896. The predicted molar refractivity (Wildman–Crippen MR) is 57.1 cm³/mol. The van der Waals surface area contributed by atoms with Gasteiger partial charge in [-0.2, -0.15) is 0 Å². The zero-order valence-electron chi connectivity index (χ0n) is 8.48. The number of nitrogen functional groups attached to an aromatic ring is 1. The van der Waals surface area contributed by atoms with Crippen LogP contribution in [0.25, 0.3) is 0 Å². The van der Waals surface area contributed by atoms with Crippen LogP contribution in [0.3, 0.4) is 0 Å². The molecule has 1 saturated heterocycles. The van der Waals surface area contributed by atoms with Crippen LogP contribution >= 0.6 is 0 Å². The Morgan fingerprint density at radius 2 is 2.36 bits per heavy atom. The number of hydrogen-bond acceptors (Lipinski definition) is 4. The minimum atomic E-state index is 0.543. The van der Waals surface area contributed by atoms with Crippen molar-refractivity contribution >= 4 is 11.5 Å². The minimum absolute atomic E-state index is 0.543. The van der Waals surface area contributed by atoms with E-state index in [1.54, 1.807) is 12.5 Å². The molecule has 0 radical (unpaired) electrons. The smallest absolute Gasteiger partial charge is 0.155 e. The van der Waals surface area contributed by atoms with Crippen molar-refractivity contribution in [1.29, 1.82) is 0 Å². The van der Waals surface area contributed by atoms with Gasteiger partial charge in [-0.25, -0.2) is 9.97 Å². The van der Waals surface area contributed by atoms with Gasteiger partial charge >= 0.3 is 0 Å². The van der Waals surface area contributed by atoms with Crippen LogP contribution in [0.2, 0.25) is 0 Å². The number of rotatable bonds is 1. The van der Waals surface area contributed by atoms with E-state index in [9.17, 15) is 0 Å². The largest absolute Gasteiger partial charge is 0.394 e. The highest BCUT2D eigenvalue weighted by Gasteiger charge is 2.20. The molecule has 2 rings (SSSR count). The van der Waals surface area contributed by atoms with E-state index >= 15 is 0 Å². The molecule has 1 fully saturated rings.